The quantitative estimate of drug-likeness (QED) is 0.725. The van der Waals surface area contributed by atoms with Gasteiger partial charge in [-0.15, -0.1) is 11.8 Å². The summed E-state index contributed by atoms with van der Waals surface area (Å²) in [5.41, 5.74) is 0.772. The van der Waals surface area contributed by atoms with Gasteiger partial charge in [0.1, 0.15) is 0 Å². The van der Waals surface area contributed by atoms with Crippen LogP contribution in [0.25, 0.3) is 0 Å². The number of nitrogens with one attached hydrogen (secondary N) is 1. The van der Waals surface area contributed by atoms with Crippen molar-refractivity contribution in [1.82, 2.24) is 4.90 Å². The fourth-order valence-electron chi connectivity index (χ4n) is 2.38. The van der Waals surface area contributed by atoms with Gasteiger partial charge in [0, 0.05) is 29.6 Å². The molecular weight excluding hydrogens is 308 g/mol. The zero-order chi connectivity index (χ0) is 17.4. The van der Waals surface area contributed by atoms with Crippen LogP contribution in [0.3, 0.4) is 0 Å². The Morgan fingerprint density at radius 3 is 2.04 bits per heavy atom. The van der Waals surface area contributed by atoms with Gasteiger partial charge in [-0.05, 0) is 51.0 Å². The van der Waals surface area contributed by atoms with Gasteiger partial charge in [-0.1, -0.05) is 13.8 Å². The van der Waals surface area contributed by atoms with E-state index in [9.17, 15) is 9.59 Å². The molecular formula is C18H28N2O2S. The molecule has 0 aliphatic heterocycles. The molecule has 0 saturated heterocycles. The fourth-order valence-corrected chi connectivity index (χ4v) is 3.14. The highest BCUT2D eigenvalue weighted by Crippen LogP contribution is 2.22. The van der Waals surface area contributed by atoms with Crippen molar-refractivity contribution in [3.8, 4) is 0 Å². The number of nitrogens with zero attached hydrogens (tertiary/aromatic N) is 1. The minimum atomic E-state index is -0.0849. The lowest BCUT2D eigenvalue weighted by atomic mass is 10.1. The summed E-state index contributed by atoms with van der Waals surface area (Å²) in [5.74, 6) is 0.539. The number of hydrogen-bond donors (Lipinski definition) is 1. The van der Waals surface area contributed by atoms with E-state index in [1.165, 1.54) is 18.7 Å². The van der Waals surface area contributed by atoms with Gasteiger partial charge in [0.15, 0.2) is 0 Å². The molecule has 2 amide bonds. The van der Waals surface area contributed by atoms with Crippen molar-refractivity contribution >= 4 is 29.3 Å². The SMILES string of the molecule is CC[C@@H](C)N(C(=O)CSc1ccc(NC(C)=O)cc1)[C@@H](C)CC. The van der Waals surface area contributed by atoms with E-state index in [0.29, 0.717) is 5.75 Å². The van der Waals surface area contributed by atoms with Gasteiger partial charge in [0.25, 0.3) is 0 Å². The first-order valence-corrected chi connectivity index (χ1v) is 9.19. The van der Waals surface area contributed by atoms with E-state index >= 15 is 0 Å². The van der Waals surface area contributed by atoms with Gasteiger partial charge >= 0.3 is 0 Å². The maximum absolute atomic E-state index is 12.6. The Balaban J connectivity index is 2.64. The van der Waals surface area contributed by atoms with Crippen molar-refractivity contribution < 1.29 is 9.59 Å². The molecule has 5 heteroatoms. The second-order valence-corrected chi connectivity index (χ2v) is 6.86. The fraction of sp³-hybridized carbons (Fsp3) is 0.556. The Hall–Kier alpha value is -1.49. The van der Waals surface area contributed by atoms with Crippen LogP contribution in [-0.4, -0.2) is 34.6 Å². The minimum absolute atomic E-state index is 0.0849. The molecule has 1 aromatic rings. The number of rotatable bonds is 8. The van der Waals surface area contributed by atoms with Crippen LogP contribution in [0.5, 0.6) is 0 Å². The predicted molar refractivity (Wildman–Crippen MR) is 97.8 cm³/mol. The first kappa shape index (κ1) is 19.6. The topological polar surface area (TPSA) is 49.4 Å². The summed E-state index contributed by atoms with van der Waals surface area (Å²) in [6, 6.07) is 8.10. The Morgan fingerprint density at radius 2 is 1.61 bits per heavy atom. The van der Waals surface area contributed by atoms with Crippen molar-refractivity contribution in [2.24, 2.45) is 0 Å². The molecule has 4 nitrogen and oxygen atoms in total. The Kier molecular flexibility index (Phi) is 8.17. The molecule has 128 valence electrons. The second kappa shape index (κ2) is 9.60. The molecule has 0 bridgehead atoms. The zero-order valence-electron chi connectivity index (χ0n) is 14.8. The number of anilines is 1. The van der Waals surface area contributed by atoms with Gasteiger partial charge < -0.3 is 10.2 Å². The van der Waals surface area contributed by atoms with Crippen LogP contribution in [0, 0.1) is 0 Å². The molecule has 0 aliphatic rings. The smallest absolute Gasteiger partial charge is 0.233 e. The lowest BCUT2D eigenvalue weighted by molar-refractivity contribution is -0.132. The lowest BCUT2D eigenvalue weighted by Crippen LogP contribution is -2.45. The molecule has 0 unspecified atom stereocenters. The van der Waals surface area contributed by atoms with Crippen LogP contribution >= 0.6 is 11.8 Å². The van der Waals surface area contributed by atoms with Gasteiger partial charge in [0.2, 0.25) is 11.8 Å². The molecule has 1 rings (SSSR count). The Labute approximate surface area is 144 Å². The van der Waals surface area contributed by atoms with Crippen molar-refractivity contribution in [2.75, 3.05) is 11.1 Å². The van der Waals surface area contributed by atoms with Gasteiger partial charge in [-0.2, -0.15) is 0 Å². The summed E-state index contributed by atoms with van der Waals surface area (Å²) < 4.78 is 0. The lowest BCUT2D eigenvalue weighted by Gasteiger charge is -2.34. The van der Waals surface area contributed by atoms with Crippen molar-refractivity contribution in [3.63, 3.8) is 0 Å². The third-order valence-electron chi connectivity index (χ3n) is 3.96. The van der Waals surface area contributed by atoms with Crippen LogP contribution in [0.15, 0.2) is 29.2 Å². The van der Waals surface area contributed by atoms with Crippen LogP contribution in [0.2, 0.25) is 0 Å². The highest BCUT2D eigenvalue weighted by atomic mass is 32.2. The van der Waals surface area contributed by atoms with Crippen LogP contribution in [0.4, 0.5) is 5.69 Å². The normalized spacial score (nSPS) is 13.3. The average molecular weight is 337 g/mol. The standard InChI is InChI=1S/C18H28N2O2S/c1-6-13(3)20(14(4)7-2)18(22)12-23-17-10-8-16(9-11-17)19-15(5)21/h8-11,13-14H,6-7,12H2,1-5H3,(H,19,21)/t13-,14+. The van der Waals surface area contributed by atoms with Crippen molar-refractivity contribution in [2.45, 2.75) is 64.4 Å². The molecule has 0 fully saturated rings. The minimum Gasteiger partial charge on any atom is -0.337 e. The first-order valence-electron chi connectivity index (χ1n) is 8.20. The highest BCUT2D eigenvalue weighted by molar-refractivity contribution is 8.00. The van der Waals surface area contributed by atoms with Gasteiger partial charge in [-0.25, -0.2) is 0 Å². The Bertz CT molecular complexity index is 506. The molecule has 1 aromatic carbocycles. The monoisotopic (exact) mass is 336 g/mol. The second-order valence-electron chi connectivity index (χ2n) is 5.81. The molecule has 0 radical (unpaired) electrons. The van der Waals surface area contributed by atoms with E-state index in [4.69, 9.17) is 0 Å². The predicted octanol–water partition coefficient (Wildman–Crippen LogP) is 4.16. The van der Waals surface area contributed by atoms with Crippen LogP contribution in [-0.2, 0) is 9.59 Å². The number of carbonyl (C=O) groups excluding carboxylic acids is 2. The summed E-state index contributed by atoms with van der Waals surface area (Å²) in [7, 11) is 0. The van der Waals surface area contributed by atoms with Crippen LogP contribution in [0.1, 0.15) is 47.5 Å². The van der Waals surface area contributed by atoms with E-state index in [2.05, 4.69) is 33.0 Å². The number of hydrogen-bond acceptors (Lipinski definition) is 3. The van der Waals surface area contributed by atoms with E-state index in [0.717, 1.165) is 23.4 Å². The van der Waals surface area contributed by atoms with Gasteiger partial charge in [-0.3, -0.25) is 9.59 Å². The molecule has 0 heterocycles. The highest BCUT2D eigenvalue weighted by Gasteiger charge is 2.23. The Morgan fingerprint density at radius 1 is 1.09 bits per heavy atom. The molecule has 23 heavy (non-hydrogen) atoms. The molecule has 2 atom stereocenters. The van der Waals surface area contributed by atoms with E-state index < -0.39 is 0 Å². The molecule has 0 aliphatic carbocycles. The summed E-state index contributed by atoms with van der Waals surface area (Å²) in [5, 5.41) is 2.74. The van der Waals surface area contributed by atoms with Crippen molar-refractivity contribution in [3.05, 3.63) is 24.3 Å². The third kappa shape index (κ3) is 6.26. The summed E-state index contributed by atoms with van der Waals surface area (Å²) in [6.07, 6.45) is 1.93. The maximum Gasteiger partial charge on any atom is 0.233 e. The van der Waals surface area contributed by atoms with Gasteiger partial charge in [0.05, 0.1) is 5.75 Å². The number of benzene rings is 1. The number of amides is 2. The summed E-state index contributed by atoms with van der Waals surface area (Å²) in [6.45, 7) is 9.93. The number of carbonyl (C=O) groups is 2. The zero-order valence-corrected chi connectivity index (χ0v) is 15.6. The summed E-state index contributed by atoms with van der Waals surface area (Å²) >= 11 is 1.54. The van der Waals surface area contributed by atoms with E-state index in [-0.39, 0.29) is 23.9 Å². The van der Waals surface area contributed by atoms with Crippen LogP contribution < -0.4 is 5.32 Å². The largest absolute Gasteiger partial charge is 0.337 e. The molecule has 1 N–H and O–H groups in total. The number of thioether (sulfide) groups is 1. The van der Waals surface area contributed by atoms with E-state index in [1.54, 1.807) is 0 Å². The average Bonchev–Trinajstić information content (AvgIpc) is 2.53. The first-order chi connectivity index (χ1) is 10.9. The van der Waals surface area contributed by atoms with E-state index in [1.807, 2.05) is 29.2 Å². The summed E-state index contributed by atoms with van der Waals surface area (Å²) in [4.78, 5) is 26.6. The molecule has 0 spiro atoms. The van der Waals surface area contributed by atoms with Crippen molar-refractivity contribution in [1.29, 1.82) is 0 Å². The molecule has 0 aromatic heterocycles. The molecule has 0 saturated carbocycles. The maximum atomic E-state index is 12.6. The third-order valence-corrected chi connectivity index (χ3v) is 4.95.